The van der Waals surface area contributed by atoms with E-state index in [1.54, 1.807) is 0 Å². The molecule has 1 aromatic heterocycles. The van der Waals surface area contributed by atoms with Crippen molar-refractivity contribution in [3.8, 4) is 0 Å². The Kier molecular flexibility index (Phi) is 2.34. The molecule has 0 aliphatic heterocycles. The first-order chi connectivity index (χ1) is 4.20. The highest BCUT2D eigenvalue weighted by Crippen LogP contribution is 2.17. The van der Waals surface area contributed by atoms with Crippen molar-refractivity contribution >= 4 is 38.3 Å². The van der Waals surface area contributed by atoms with Crippen LogP contribution in [0.15, 0.2) is 14.3 Å². The summed E-state index contributed by atoms with van der Waals surface area (Å²) in [5.41, 5.74) is 0. The number of nitrogens with zero attached hydrogens (tertiary/aromatic N) is 1. The highest BCUT2D eigenvalue weighted by atomic mass is 79.9. The van der Waals surface area contributed by atoms with Crippen LogP contribution >= 0.6 is 27.3 Å². The molecule has 0 aliphatic rings. The molecule has 0 aliphatic carbocycles. The third-order valence-electron chi connectivity index (χ3n) is 0.634. The maximum atomic E-state index is 10.2. The molecular formula is C3H2BrNO2S2. The van der Waals surface area contributed by atoms with Gasteiger partial charge in [0.2, 0.25) is 11.1 Å². The molecule has 0 saturated carbocycles. The van der Waals surface area contributed by atoms with Gasteiger partial charge in [0.05, 0.1) is 0 Å². The topological polar surface area (TPSA) is 50.2 Å². The fraction of sp³-hybridized carbons (Fsp3) is 0. The van der Waals surface area contributed by atoms with Gasteiger partial charge in [-0.1, -0.05) is 0 Å². The number of hydrogen-bond acceptors (Lipinski definition) is 3. The normalized spacial score (nSPS) is 13.6. The molecule has 0 amide bonds. The quantitative estimate of drug-likeness (QED) is 0.740. The zero-order chi connectivity index (χ0) is 6.85. The second-order valence-electron chi connectivity index (χ2n) is 1.19. The van der Waals surface area contributed by atoms with Crippen LogP contribution in [0.3, 0.4) is 0 Å². The lowest BCUT2D eigenvalue weighted by Gasteiger charge is -1.79. The summed E-state index contributed by atoms with van der Waals surface area (Å²) < 4.78 is 19.3. The van der Waals surface area contributed by atoms with Crippen LogP contribution in [-0.4, -0.2) is 13.7 Å². The zero-order valence-electron chi connectivity index (χ0n) is 4.07. The molecule has 0 aromatic carbocycles. The van der Waals surface area contributed by atoms with Crippen LogP contribution in [0.25, 0.3) is 0 Å². The van der Waals surface area contributed by atoms with Crippen molar-refractivity contribution < 1.29 is 8.76 Å². The van der Waals surface area contributed by atoms with Crippen molar-refractivity contribution in [1.29, 1.82) is 0 Å². The number of thiazole rings is 1. The van der Waals surface area contributed by atoms with Crippen LogP contribution < -0.4 is 0 Å². The van der Waals surface area contributed by atoms with Gasteiger partial charge in [0.25, 0.3) is 0 Å². The van der Waals surface area contributed by atoms with E-state index in [1.807, 2.05) is 0 Å². The van der Waals surface area contributed by atoms with E-state index in [0.717, 1.165) is 0 Å². The number of rotatable bonds is 1. The first-order valence-corrected chi connectivity index (χ1v) is 4.70. The van der Waals surface area contributed by atoms with Crippen molar-refractivity contribution in [3.63, 3.8) is 0 Å². The first kappa shape index (κ1) is 7.33. The molecule has 1 N–H and O–H groups in total. The Bertz CT molecular complexity index is 235. The minimum Gasteiger partial charge on any atom is -0.301 e. The molecule has 1 aromatic rings. The van der Waals surface area contributed by atoms with Gasteiger partial charge in [-0.25, -0.2) is 9.19 Å². The third kappa shape index (κ3) is 1.82. The number of hydrogen-bond donors (Lipinski definition) is 1. The molecule has 1 unspecified atom stereocenters. The van der Waals surface area contributed by atoms with E-state index < -0.39 is 11.1 Å². The molecule has 0 fully saturated rings. The Morgan fingerprint density at radius 1 is 1.89 bits per heavy atom. The van der Waals surface area contributed by atoms with Crippen LogP contribution in [0, 0.1) is 0 Å². The molecule has 1 heterocycles. The van der Waals surface area contributed by atoms with Gasteiger partial charge in [-0.3, -0.25) is 0 Å². The maximum Gasteiger partial charge on any atom is 0.206 e. The Labute approximate surface area is 66.5 Å². The molecule has 1 rings (SSSR count). The van der Waals surface area contributed by atoms with Gasteiger partial charge >= 0.3 is 0 Å². The molecule has 9 heavy (non-hydrogen) atoms. The van der Waals surface area contributed by atoms with Crippen molar-refractivity contribution in [2.75, 3.05) is 0 Å². The Hall–Kier alpha value is 0.220. The fourth-order valence-corrected chi connectivity index (χ4v) is 2.01. The second kappa shape index (κ2) is 2.87. The van der Waals surface area contributed by atoms with Crippen molar-refractivity contribution in [2.45, 2.75) is 5.03 Å². The zero-order valence-corrected chi connectivity index (χ0v) is 7.29. The predicted molar refractivity (Wildman–Crippen MR) is 38.9 cm³/mol. The summed E-state index contributed by atoms with van der Waals surface area (Å²) in [5, 5.41) is 1.73. The van der Waals surface area contributed by atoms with Gasteiger partial charge < -0.3 is 4.55 Å². The molecule has 50 valence electrons. The van der Waals surface area contributed by atoms with E-state index in [-0.39, 0.29) is 5.03 Å². The average Bonchev–Trinajstić information content (AvgIpc) is 2.14. The van der Waals surface area contributed by atoms with Gasteiger partial charge in [0.15, 0.2) is 8.94 Å². The molecule has 0 bridgehead atoms. The highest BCUT2D eigenvalue weighted by Gasteiger charge is 2.02. The molecular weight excluding hydrogens is 226 g/mol. The number of halogens is 1. The molecule has 0 saturated heterocycles. The van der Waals surface area contributed by atoms with Crippen molar-refractivity contribution in [3.05, 3.63) is 9.30 Å². The fourth-order valence-electron chi connectivity index (χ4n) is 0.319. The standard InChI is InChI=1S/C3H2BrNO2S2/c4-3-5-2(1-8-3)9(6)7/h1H,(H,6,7). The SMILES string of the molecule is O=S(O)c1csc(Br)n1. The monoisotopic (exact) mass is 227 g/mol. The van der Waals surface area contributed by atoms with Crippen molar-refractivity contribution in [2.24, 2.45) is 0 Å². The lowest BCUT2D eigenvalue weighted by Crippen LogP contribution is -1.86. The summed E-state index contributed by atoms with van der Waals surface area (Å²) in [5.74, 6) is 0. The van der Waals surface area contributed by atoms with E-state index in [4.69, 9.17) is 4.55 Å². The minimum absolute atomic E-state index is 0.201. The van der Waals surface area contributed by atoms with E-state index in [2.05, 4.69) is 20.9 Å². The Balaban J connectivity index is 2.98. The predicted octanol–water partition coefficient (Wildman–Crippen LogP) is 1.49. The summed E-state index contributed by atoms with van der Waals surface area (Å²) in [6.07, 6.45) is 0. The molecule has 6 heteroatoms. The Morgan fingerprint density at radius 3 is 2.78 bits per heavy atom. The molecule has 0 radical (unpaired) electrons. The maximum absolute atomic E-state index is 10.2. The van der Waals surface area contributed by atoms with Crippen molar-refractivity contribution in [1.82, 2.24) is 4.98 Å². The van der Waals surface area contributed by atoms with Crippen LogP contribution in [0.1, 0.15) is 0 Å². The van der Waals surface area contributed by atoms with Crippen LogP contribution in [0.2, 0.25) is 0 Å². The first-order valence-electron chi connectivity index (χ1n) is 1.92. The third-order valence-corrected chi connectivity index (χ3v) is 2.72. The summed E-state index contributed by atoms with van der Waals surface area (Å²) in [6, 6.07) is 0. The summed E-state index contributed by atoms with van der Waals surface area (Å²) in [6.45, 7) is 0. The van der Waals surface area contributed by atoms with Gasteiger partial charge in [0, 0.05) is 5.38 Å². The van der Waals surface area contributed by atoms with Crippen LogP contribution in [0.5, 0.6) is 0 Å². The van der Waals surface area contributed by atoms with E-state index in [9.17, 15) is 4.21 Å². The lowest BCUT2D eigenvalue weighted by atomic mass is 11.0. The lowest BCUT2D eigenvalue weighted by molar-refractivity contribution is 0.561. The summed E-state index contributed by atoms with van der Waals surface area (Å²) in [4.78, 5) is 3.70. The number of aromatic nitrogens is 1. The Morgan fingerprint density at radius 2 is 2.56 bits per heavy atom. The summed E-state index contributed by atoms with van der Waals surface area (Å²) >= 11 is 2.41. The highest BCUT2D eigenvalue weighted by molar-refractivity contribution is 9.11. The van der Waals surface area contributed by atoms with Gasteiger partial charge in [0.1, 0.15) is 0 Å². The van der Waals surface area contributed by atoms with E-state index in [1.165, 1.54) is 16.7 Å². The largest absolute Gasteiger partial charge is 0.301 e. The molecule has 1 atom stereocenters. The van der Waals surface area contributed by atoms with E-state index >= 15 is 0 Å². The van der Waals surface area contributed by atoms with Gasteiger partial charge in [-0.2, -0.15) is 0 Å². The molecule has 0 spiro atoms. The van der Waals surface area contributed by atoms with Crippen LogP contribution in [-0.2, 0) is 11.1 Å². The van der Waals surface area contributed by atoms with Gasteiger partial charge in [-0.05, 0) is 15.9 Å². The second-order valence-corrected chi connectivity index (χ2v) is 4.24. The van der Waals surface area contributed by atoms with Crippen LogP contribution in [0.4, 0.5) is 0 Å². The molecule has 3 nitrogen and oxygen atoms in total. The van der Waals surface area contributed by atoms with Gasteiger partial charge in [-0.15, -0.1) is 11.3 Å². The minimum atomic E-state index is -1.94. The summed E-state index contributed by atoms with van der Waals surface area (Å²) in [7, 11) is 0. The average molecular weight is 228 g/mol. The smallest absolute Gasteiger partial charge is 0.206 e. The van der Waals surface area contributed by atoms with E-state index in [0.29, 0.717) is 3.92 Å².